The van der Waals surface area contributed by atoms with Crippen molar-refractivity contribution >= 4 is 28.9 Å². The van der Waals surface area contributed by atoms with Crippen LogP contribution in [0.2, 0.25) is 0 Å². The second-order valence-corrected chi connectivity index (χ2v) is 3.62. The third-order valence-electron chi connectivity index (χ3n) is 1.87. The molecule has 2 aromatic heterocycles. The van der Waals surface area contributed by atoms with E-state index in [2.05, 4.69) is 15.0 Å². The van der Waals surface area contributed by atoms with Crippen LogP contribution >= 0.6 is 11.8 Å². The lowest BCUT2D eigenvalue weighted by molar-refractivity contribution is -0.137. The van der Waals surface area contributed by atoms with Gasteiger partial charge < -0.3 is 9.67 Å². The molecule has 0 fully saturated rings. The van der Waals surface area contributed by atoms with Gasteiger partial charge in [-0.1, -0.05) is 0 Å². The number of fused-ring (bicyclic) bond motifs is 1. The van der Waals surface area contributed by atoms with Gasteiger partial charge in [0.15, 0.2) is 5.65 Å². The van der Waals surface area contributed by atoms with Gasteiger partial charge in [0, 0.05) is 0 Å². The number of aliphatic carboxylic acids is 1. The topological polar surface area (TPSA) is 80.9 Å². The van der Waals surface area contributed by atoms with Crippen molar-refractivity contribution in [2.24, 2.45) is 0 Å². The van der Waals surface area contributed by atoms with Crippen LogP contribution in [0.25, 0.3) is 11.2 Å². The number of carboxylic acid groups (broad SMARTS) is 1. The first-order chi connectivity index (χ1) is 7.22. The van der Waals surface area contributed by atoms with Crippen molar-refractivity contribution in [1.82, 2.24) is 19.5 Å². The van der Waals surface area contributed by atoms with Crippen LogP contribution in [-0.4, -0.2) is 36.9 Å². The van der Waals surface area contributed by atoms with E-state index < -0.39 is 5.97 Å². The van der Waals surface area contributed by atoms with Gasteiger partial charge in [-0.15, -0.1) is 11.8 Å². The minimum absolute atomic E-state index is 0.138. The average Bonchev–Trinajstić information content (AvgIpc) is 2.61. The summed E-state index contributed by atoms with van der Waals surface area (Å²) in [5.74, 6) is -0.918. The Morgan fingerprint density at radius 2 is 2.33 bits per heavy atom. The fourth-order valence-electron chi connectivity index (χ4n) is 1.27. The van der Waals surface area contributed by atoms with Crippen molar-refractivity contribution in [3.63, 3.8) is 0 Å². The van der Waals surface area contributed by atoms with Crippen LogP contribution in [-0.2, 0) is 11.3 Å². The summed E-state index contributed by atoms with van der Waals surface area (Å²) in [7, 11) is 0. The maximum absolute atomic E-state index is 10.6. The summed E-state index contributed by atoms with van der Waals surface area (Å²) in [6.07, 6.45) is 4.76. The molecule has 0 amide bonds. The largest absolute Gasteiger partial charge is 0.480 e. The molecule has 0 aliphatic rings. The number of rotatable bonds is 3. The molecular weight excluding hydrogens is 216 g/mol. The molecule has 7 heteroatoms. The van der Waals surface area contributed by atoms with Crippen LogP contribution in [0, 0.1) is 0 Å². The van der Waals surface area contributed by atoms with Gasteiger partial charge in [0.1, 0.15) is 23.4 Å². The fourth-order valence-corrected chi connectivity index (χ4v) is 1.76. The molecule has 2 rings (SSSR count). The average molecular weight is 224 g/mol. The highest BCUT2D eigenvalue weighted by molar-refractivity contribution is 7.98. The van der Waals surface area contributed by atoms with Crippen LogP contribution in [0.15, 0.2) is 17.7 Å². The van der Waals surface area contributed by atoms with Crippen LogP contribution < -0.4 is 0 Å². The molecule has 2 aromatic rings. The van der Waals surface area contributed by atoms with Gasteiger partial charge in [0.2, 0.25) is 0 Å². The zero-order valence-corrected chi connectivity index (χ0v) is 8.73. The zero-order valence-electron chi connectivity index (χ0n) is 7.91. The first-order valence-corrected chi connectivity index (χ1v) is 5.36. The van der Waals surface area contributed by atoms with E-state index in [4.69, 9.17) is 5.11 Å². The number of nitrogens with zero attached hydrogens (tertiary/aromatic N) is 4. The number of aromatic nitrogens is 4. The predicted octanol–water partition coefficient (Wildman–Crippen LogP) is 0.633. The Labute approximate surface area is 89.4 Å². The Morgan fingerprint density at radius 1 is 1.53 bits per heavy atom. The van der Waals surface area contributed by atoms with Crippen molar-refractivity contribution in [3.05, 3.63) is 12.7 Å². The second kappa shape index (κ2) is 3.85. The lowest BCUT2D eigenvalue weighted by Crippen LogP contribution is -2.08. The highest BCUT2D eigenvalue weighted by atomic mass is 32.2. The lowest BCUT2D eigenvalue weighted by Gasteiger charge is -1.99. The molecule has 15 heavy (non-hydrogen) atoms. The molecule has 1 N–H and O–H groups in total. The minimum Gasteiger partial charge on any atom is -0.480 e. The van der Waals surface area contributed by atoms with Crippen molar-refractivity contribution < 1.29 is 9.90 Å². The summed E-state index contributed by atoms with van der Waals surface area (Å²) in [4.78, 5) is 22.7. The Hall–Kier alpha value is -1.63. The van der Waals surface area contributed by atoms with Crippen molar-refractivity contribution in [1.29, 1.82) is 0 Å². The lowest BCUT2D eigenvalue weighted by atomic mass is 10.5. The summed E-state index contributed by atoms with van der Waals surface area (Å²) in [5, 5.41) is 9.43. The molecule has 0 spiro atoms. The van der Waals surface area contributed by atoms with Gasteiger partial charge in [0.25, 0.3) is 0 Å². The van der Waals surface area contributed by atoms with E-state index in [9.17, 15) is 4.79 Å². The Balaban J connectivity index is 2.55. The quantitative estimate of drug-likeness (QED) is 0.608. The molecule has 0 bridgehead atoms. The molecule has 2 heterocycles. The predicted molar refractivity (Wildman–Crippen MR) is 54.7 cm³/mol. The van der Waals surface area contributed by atoms with Crippen molar-refractivity contribution in [2.75, 3.05) is 6.26 Å². The van der Waals surface area contributed by atoms with Crippen molar-refractivity contribution in [3.8, 4) is 0 Å². The number of carboxylic acids is 1. The van der Waals surface area contributed by atoms with E-state index in [1.807, 2.05) is 6.26 Å². The van der Waals surface area contributed by atoms with E-state index in [0.717, 1.165) is 5.03 Å². The highest BCUT2D eigenvalue weighted by Gasteiger charge is 2.10. The molecule has 0 aliphatic heterocycles. The summed E-state index contributed by atoms with van der Waals surface area (Å²) < 4.78 is 1.49. The first kappa shape index (κ1) is 9.91. The first-order valence-electron chi connectivity index (χ1n) is 4.14. The minimum atomic E-state index is -0.918. The fraction of sp³-hybridized carbons (Fsp3) is 0.250. The number of thioether (sulfide) groups is 1. The van der Waals surface area contributed by atoms with Gasteiger partial charge in [-0.2, -0.15) is 0 Å². The molecule has 0 unspecified atom stereocenters. The molecule has 0 saturated carbocycles. The molecule has 0 radical (unpaired) electrons. The van der Waals surface area contributed by atoms with Gasteiger partial charge in [-0.3, -0.25) is 4.79 Å². The van der Waals surface area contributed by atoms with Crippen LogP contribution in [0.1, 0.15) is 0 Å². The maximum atomic E-state index is 10.6. The monoisotopic (exact) mass is 224 g/mol. The summed E-state index contributed by atoms with van der Waals surface area (Å²) in [5.41, 5.74) is 1.20. The second-order valence-electron chi connectivity index (χ2n) is 2.82. The van der Waals surface area contributed by atoms with Gasteiger partial charge in [-0.25, -0.2) is 15.0 Å². The van der Waals surface area contributed by atoms with E-state index in [1.54, 1.807) is 0 Å². The molecule has 6 nitrogen and oxygen atoms in total. The van der Waals surface area contributed by atoms with Crippen LogP contribution in [0.5, 0.6) is 0 Å². The Kier molecular flexibility index (Phi) is 2.55. The van der Waals surface area contributed by atoms with Gasteiger partial charge >= 0.3 is 5.97 Å². The SMILES string of the molecule is CSc1ncnc2c1ncn2CC(=O)O. The van der Waals surface area contributed by atoms with E-state index in [0.29, 0.717) is 11.2 Å². The van der Waals surface area contributed by atoms with E-state index in [1.165, 1.54) is 29.0 Å². The molecular formula is C8H8N4O2S. The highest BCUT2D eigenvalue weighted by Crippen LogP contribution is 2.20. The normalized spacial score (nSPS) is 10.7. The smallest absolute Gasteiger partial charge is 0.323 e. The Bertz CT molecular complexity index is 510. The number of carbonyl (C=O) groups is 1. The summed E-state index contributed by atoms with van der Waals surface area (Å²) >= 11 is 1.46. The summed E-state index contributed by atoms with van der Waals surface area (Å²) in [6.45, 7) is -0.138. The number of imidazole rings is 1. The molecule has 0 aliphatic carbocycles. The van der Waals surface area contributed by atoms with Crippen LogP contribution in [0.4, 0.5) is 0 Å². The van der Waals surface area contributed by atoms with E-state index in [-0.39, 0.29) is 6.54 Å². The third kappa shape index (κ3) is 1.78. The van der Waals surface area contributed by atoms with Crippen molar-refractivity contribution in [2.45, 2.75) is 11.6 Å². The number of hydrogen-bond acceptors (Lipinski definition) is 5. The third-order valence-corrected chi connectivity index (χ3v) is 2.55. The molecule has 0 aromatic carbocycles. The number of hydrogen-bond donors (Lipinski definition) is 1. The standard InChI is InChI=1S/C8H8N4O2S/c1-15-8-6-7(9-3-10-8)12(4-11-6)2-5(13)14/h3-4H,2H2,1H3,(H,13,14). The molecule has 0 atom stereocenters. The van der Waals surface area contributed by atoms with Gasteiger partial charge in [-0.05, 0) is 6.26 Å². The van der Waals surface area contributed by atoms with E-state index >= 15 is 0 Å². The zero-order chi connectivity index (χ0) is 10.8. The maximum Gasteiger partial charge on any atom is 0.323 e. The summed E-state index contributed by atoms with van der Waals surface area (Å²) in [6, 6.07) is 0. The molecule has 78 valence electrons. The molecule has 0 saturated heterocycles. The Morgan fingerprint density at radius 3 is 3.00 bits per heavy atom. The van der Waals surface area contributed by atoms with Gasteiger partial charge in [0.05, 0.1) is 6.33 Å². The van der Waals surface area contributed by atoms with Crippen LogP contribution in [0.3, 0.4) is 0 Å².